The second-order valence-electron chi connectivity index (χ2n) is 10.8. The molecule has 0 unspecified atom stereocenters. The molecule has 4 aromatic carbocycles. The average Bonchev–Trinajstić information content (AvgIpc) is 3.51. The number of hydrogen-bond donors (Lipinski definition) is 2. The van der Waals surface area contributed by atoms with Crippen LogP contribution in [-0.4, -0.2) is 67.5 Å². The Kier molecular flexibility index (Phi) is 8.67. The van der Waals surface area contributed by atoms with Gasteiger partial charge in [-0.15, -0.1) is 0 Å². The van der Waals surface area contributed by atoms with E-state index < -0.39 is 20.6 Å². The summed E-state index contributed by atoms with van der Waals surface area (Å²) in [4.78, 5) is 23.4. The number of hydrogen-bond acceptors (Lipinski definition) is 8. The van der Waals surface area contributed by atoms with Crippen LogP contribution in [0.25, 0.3) is 22.4 Å². The van der Waals surface area contributed by atoms with E-state index in [2.05, 4.69) is 68.9 Å². The Labute approximate surface area is 261 Å². The topological polar surface area (TPSA) is 134 Å². The van der Waals surface area contributed by atoms with E-state index in [-0.39, 0.29) is 10.6 Å². The second-order valence-corrected chi connectivity index (χ2v) is 12.5. The number of piperazine rings is 1. The van der Waals surface area contributed by atoms with Gasteiger partial charge in [0, 0.05) is 50.0 Å². The average molecular weight is 627 g/mol. The first-order chi connectivity index (χ1) is 21.8. The number of anilines is 2. The summed E-state index contributed by atoms with van der Waals surface area (Å²) in [5.41, 5.74) is 5.33. The number of nitro groups is 1. The van der Waals surface area contributed by atoms with Crippen molar-refractivity contribution in [3.63, 3.8) is 0 Å². The first kappa shape index (κ1) is 30.1. The first-order valence-electron chi connectivity index (χ1n) is 14.8. The van der Waals surface area contributed by atoms with Crippen LogP contribution in [0.3, 0.4) is 0 Å². The number of aromatic amines is 1. The molecule has 0 atom stereocenters. The smallest absolute Gasteiger partial charge is 0.289 e. The molecule has 12 heteroatoms. The van der Waals surface area contributed by atoms with Gasteiger partial charge in [-0.2, -0.15) is 0 Å². The van der Waals surface area contributed by atoms with Crippen LogP contribution >= 0.6 is 0 Å². The summed E-state index contributed by atoms with van der Waals surface area (Å²) in [6, 6.07) is 26.5. The van der Waals surface area contributed by atoms with Crippen LogP contribution in [0, 0.1) is 10.1 Å². The predicted molar refractivity (Wildman–Crippen MR) is 175 cm³/mol. The Balaban J connectivity index is 1.01. The van der Waals surface area contributed by atoms with Crippen molar-refractivity contribution in [3.8, 4) is 17.1 Å². The van der Waals surface area contributed by atoms with E-state index in [4.69, 9.17) is 9.72 Å². The predicted octanol–water partition coefficient (Wildman–Crippen LogP) is 5.70. The monoisotopic (exact) mass is 626 g/mol. The summed E-state index contributed by atoms with van der Waals surface area (Å²) >= 11 is 0. The van der Waals surface area contributed by atoms with Gasteiger partial charge in [0.15, 0.2) is 4.90 Å². The van der Waals surface area contributed by atoms with Gasteiger partial charge in [0.25, 0.3) is 15.7 Å². The van der Waals surface area contributed by atoms with E-state index in [9.17, 15) is 18.5 Å². The van der Waals surface area contributed by atoms with Gasteiger partial charge in [-0.25, -0.2) is 13.4 Å². The molecule has 45 heavy (non-hydrogen) atoms. The van der Waals surface area contributed by atoms with Gasteiger partial charge in [0.1, 0.15) is 23.7 Å². The second kappa shape index (κ2) is 13.0. The third kappa shape index (κ3) is 6.76. The van der Waals surface area contributed by atoms with Crippen molar-refractivity contribution in [1.29, 1.82) is 0 Å². The fourth-order valence-electron chi connectivity index (χ4n) is 5.52. The Morgan fingerprint density at radius 3 is 2.47 bits per heavy atom. The molecular formula is C33H34N6O5S. The highest BCUT2D eigenvalue weighted by molar-refractivity contribution is 7.92. The number of sulfonamides is 1. The lowest BCUT2D eigenvalue weighted by Crippen LogP contribution is -2.47. The van der Waals surface area contributed by atoms with Crippen LogP contribution in [0.5, 0.6) is 5.75 Å². The molecule has 1 fully saturated rings. The number of aryl methyl sites for hydroxylation is 1. The van der Waals surface area contributed by atoms with Crippen molar-refractivity contribution >= 4 is 38.1 Å². The number of H-pyrrole nitrogens is 1. The zero-order chi connectivity index (χ0) is 31.4. The van der Waals surface area contributed by atoms with E-state index in [1.807, 2.05) is 0 Å². The molecule has 0 spiro atoms. The molecule has 5 aromatic rings. The number of rotatable bonds is 11. The highest BCUT2D eigenvalue weighted by Gasteiger charge is 2.25. The maximum Gasteiger partial charge on any atom is 0.289 e. The molecule has 1 aromatic heterocycles. The van der Waals surface area contributed by atoms with Crippen molar-refractivity contribution in [2.24, 2.45) is 0 Å². The molecule has 2 heterocycles. The van der Waals surface area contributed by atoms with Gasteiger partial charge in [-0.1, -0.05) is 43.3 Å². The quantitative estimate of drug-likeness (QED) is 0.141. The summed E-state index contributed by atoms with van der Waals surface area (Å²) in [6.45, 7) is 6.92. The van der Waals surface area contributed by atoms with Gasteiger partial charge >= 0.3 is 0 Å². The van der Waals surface area contributed by atoms with Crippen molar-refractivity contribution in [3.05, 3.63) is 107 Å². The Hall–Kier alpha value is -4.94. The Bertz CT molecular complexity index is 1920. The molecule has 1 saturated heterocycles. The van der Waals surface area contributed by atoms with Gasteiger partial charge in [0.2, 0.25) is 0 Å². The molecule has 1 aliphatic rings. The van der Waals surface area contributed by atoms with E-state index >= 15 is 0 Å². The van der Waals surface area contributed by atoms with E-state index in [1.54, 1.807) is 24.3 Å². The normalized spacial score (nSPS) is 14.0. The van der Waals surface area contributed by atoms with E-state index in [1.165, 1.54) is 23.8 Å². The number of nitrogens with one attached hydrogen (secondary N) is 2. The molecule has 0 aliphatic carbocycles. The zero-order valence-corrected chi connectivity index (χ0v) is 25.7. The van der Waals surface area contributed by atoms with Gasteiger partial charge in [-0.3, -0.25) is 19.7 Å². The summed E-state index contributed by atoms with van der Waals surface area (Å²) in [5, 5.41) is 11.3. The largest absolute Gasteiger partial charge is 0.492 e. The van der Waals surface area contributed by atoms with E-state index in [0.29, 0.717) is 12.4 Å². The molecule has 0 bridgehead atoms. The van der Waals surface area contributed by atoms with Crippen LogP contribution < -0.4 is 14.4 Å². The fourth-order valence-corrected chi connectivity index (χ4v) is 6.75. The third-order valence-corrected chi connectivity index (χ3v) is 9.38. The van der Waals surface area contributed by atoms with Crippen molar-refractivity contribution < 1.29 is 18.1 Å². The molecule has 0 radical (unpaired) electrons. The number of nitrogens with zero attached hydrogens (tertiary/aromatic N) is 4. The minimum absolute atomic E-state index is 0.283. The maximum absolute atomic E-state index is 12.8. The number of para-hydroxylation sites is 2. The zero-order valence-electron chi connectivity index (χ0n) is 24.8. The highest BCUT2D eigenvalue weighted by Crippen LogP contribution is 2.30. The minimum atomic E-state index is -4.13. The lowest BCUT2D eigenvalue weighted by molar-refractivity contribution is -0.387. The molecule has 11 nitrogen and oxygen atoms in total. The van der Waals surface area contributed by atoms with Crippen LogP contribution in [0.2, 0.25) is 0 Å². The SMILES string of the molecule is CCc1cccc(-c2nc3c(N4CCN(CCOc5ccc(NS(=O)(=O)c6ccccc6[N+](=O)[O-])cc5)CC4)cccc3[nH]2)c1. The van der Waals surface area contributed by atoms with Crippen LogP contribution in [0.4, 0.5) is 17.1 Å². The molecule has 6 rings (SSSR count). The van der Waals surface area contributed by atoms with Gasteiger partial charge < -0.3 is 14.6 Å². The number of aromatic nitrogens is 2. The Morgan fingerprint density at radius 2 is 1.71 bits per heavy atom. The summed E-state index contributed by atoms with van der Waals surface area (Å²) < 4.78 is 33.8. The van der Waals surface area contributed by atoms with Crippen LogP contribution in [-0.2, 0) is 16.4 Å². The lowest BCUT2D eigenvalue weighted by Gasteiger charge is -2.36. The molecule has 0 amide bonds. The summed E-state index contributed by atoms with van der Waals surface area (Å²) in [7, 11) is -4.13. The van der Waals surface area contributed by atoms with Crippen LogP contribution in [0.15, 0.2) is 95.9 Å². The standard InChI is InChI=1S/C33H34N6O5S/c1-2-24-7-5-8-25(23-24)33-34-28-9-6-11-30(32(28)35-33)38-19-17-37(18-20-38)21-22-44-27-15-13-26(14-16-27)36-45(42,43)31-12-4-3-10-29(31)39(40)41/h3-16,23,36H,2,17-22H2,1H3,(H,34,35). The molecule has 1 aliphatic heterocycles. The maximum atomic E-state index is 12.8. The van der Waals surface area contributed by atoms with Crippen molar-refractivity contribution in [2.75, 3.05) is 49.0 Å². The fraction of sp³-hybridized carbons (Fsp3) is 0.242. The first-order valence-corrected chi connectivity index (χ1v) is 16.3. The Morgan fingerprint density at radius 1 is 0.956 bits per heavy atom. The van der Waals surface area contributed by atoms with E-state index in [0.717, 1.165) is 73.3 Å². The molecule has 0 saturated carbocycles. The number of benzene rings is 4. The van der Waals surface area contributed by atoms with Crippen molar-refractivity contribution in [2.45, 2.75) is 18.2 Å². The summed E-state index contributed by atoms with van der Waals surface area (Å²) in [6.07, 6.45) is 0.982. The molecule has 232 valence electrons. The lowest BCUT2D eigenvalue weighted by atomic mass is 10.1. The highest BCUT2D eigenvalue weighted by atomic mass is 32.2. The van der Waals surface area contributed by atoms with Crippen LogP contribution in [0.1, 0.15) is 12.5 Å². The molecule has 2 N–H and O–H groups in total. The number of nitro benzene ring substituents is 1. The minimum Gasteiger partial charge on any atom is -0.492 e. The summed E-state index contributed by atoms with van der Waals surface area (Å²) in [5.74, 6) is 1.49. The number of imidazole rings is 1. The molecular weight excluding hydrogens is 592 g/mol. The number of fused-ring (bicyclic) bond motifs is 1. The van der Waals surface area contributed by atoms with Crippen molar-refractivity contribution in [1.82, 2.24) is 14.9 Å². The third-order valence-electron chi connectivity index (χ3n) is 7.95. The number of ether oxygens (including phenoxy) is 1. The van der Waals surface area contributed by atoms with Gasteiger partial charge in [0.05, 0.1) is 16.1 Å². The van der Waals surface area contributed by atoms with Gasteiger partial charge in [-0.05, 0) is 60.5 Å².